The van der Waals surface area contributed by atoms with Crippen molar-refractivity contribution in [3.63, 3.8) is 0 Å². The summed E-state index contributed by atoms with van der Waals surface area (Å²) < 4.78 is 13.3. The fourth-order valence-corrected chi connectivity index (χ4v) is 7.16. The number of methoxy groups -OCH3 is 1. The minimum Gasteiger partial charge on any atom is -0.497 e. The van der Waals surface area contributed by atoms with Crippen LogP contribution in [0.2, 0.25) is 0 Å². The number of nitrogens with one attached hydrogen (secondary N) is 1. The van der Waals surface area contributed by atoms with Gasteiger partial charge in [0.15, 0.2) is 0 Å². The highest BCUT2D eigenvalue weighted by Crippen LogP contribution is 2.38. The average molecular weight is 641 g/mol. The van der Waals surface area contributed by atoms with E-state index in [4.69, 9.17) is 9.47 Å². The zero-order chi connectivity index (χ0) is 32.9. The van der Waals surface area contributed by atoms with Crippen LogP contribution in [0.4, 0.5) is 10.5 Å². The summed E-state index contributed by atoms with van der Waals surface area (Å²) in [5.41, 5.74) is 5.43. The van der Waals surface area contributed by atoms with E-state index >= 15 is 0 Å². The van der Waals surface area contributed by atoms with Crippen LogP contribution in [0.3, 0.4) is 0 Å². The predicted molar refractivity (Wildman–Crippen MR) is 186 cm³/mol. The molecule has 6 rings (SSSR count). The molecule has 4 aliphatic rings. The molecule has 0 saturated heterocycles. The first-order valence-electron chi connectivity index (χ1n) is 17.8. The predicted octanol–water partition coefficient (Wildman–Crippen LogP) is 8.52. The molecule has 1 heterocycles. The van der Waals surface area contributed by atoms with E-state index in [1.165, 1.54) is 12.8 Å². The van der Waals surface area contributed by atoms with Crippen LogP contribution in [0.15, 0.2) is 72.3 Å². The number of carbonyl (C=O) groups excluding carboxylic acids is 2. The molecule has 0 aliphatic heterocycles. The van der Waals surface area contributed by atoms with Gasteiger partial charge >= 0.3 is 6.09 Å². The quantitative estimate of drug-likeness (QED) is 0.186. The Morgan fingerprint density at radius 2 is 1.68 bits per heavy atom. The number of anilines is 1. The van der Waals surface area contributed by atoms with Gasteiger partial charge in [-0.25, -0.2) is 4.79 Å². The van der Waals surface area contributed by atoms with Gasteiger partial charge in [0.2, 0.25) is 5.91 Å². The molecule has 8 nitrogen and oxygen atoms in total. The van der Waals surface area contributed by atoms with Crippen molar-refractivity contribution in [2.45, 2.75) is 109 Å². The van der Waals surface area contributed by atoms with E-state index in [0.29, 0.717) is 24.4 Å². The van der Waals surface area contributed by atoms with Crippen molar-refractivity contribution < 1.29 is 19.1 Å². The van der Waals surface area contributed by atoms with Crippen molar-refractivity contribution in [3.8, 4) is 11.1 Å². The zero-order valence-electron chi connectivity index (χ0n) is 28.5. The van der Waals surface area contributed by atoms with E-state index < -0.39 is 0 Å². The summed E-state index contributed by atoms with van der Waals surface area (Å²) in [6, 6.07) is 9.24. The maximum Gasteiger partial charge on any atom is 0.407 e. The summed E-state index contributed by atoms with van der Waals surface area (Å²) in [5.74, 6) is 1.87. The Morgan fingerprint density at radius 1 is 0.957 bits per heavy atom. The van der Waals surface area contributed by atoms with Gasteiger partial charge in [-0.15, -0.1) is 0 Å². The smallest absolute Gasteiger partial charge is 0.407 e. The molecule has 2 amide bonds. The number of aromatic nitrogens is 2. The normalized spacial score (nSPS) is 24.4. The minimum atomic E-state index is -0.310. The number of hydrogen-bond donors (Lipinski definition) is 1. The van der Waals surface area contributed by atoms with Gasteiger partial charge in [0.25, 0.3) is 0 Å². The Labute approximate surface area is 280 Å². The van der Waals surface area contributed by atoms with Gasteiger partial charge in [0.1, 0.15) is 11.9 Å². The van der Waals surface area contributed by atoms with Crippen molar-refractivity contribution in [1.82, 2.24) is 15.1 Å². The largest absolute Gasteiger partial charge is 0.497 e. The summed E-state index contributed by atoms with van der Waals surface area (Å²) in [5, 5.41) is 7.53. The Hall–Kier alpha value is -3.81. The van der Waals surface area contributed by atoms with Crippen LogP contribution < -0.4 is 10.2 Å². The third kappa shape index (κ3) is 8.76. The summed E-state index contributed by atoms with van der Waals surface area (Å²) in [7, 11) is 1.71. The van der Waals surface area contributed by atoms with Gasteiger partial charge in [-0.3, -0.25) is 9.48 Å². The number of allylic oxidation sites excluding steroid dienone is 4. The molecule has 0 atom stereocenters. The van der Waals surface area contributed by atoms with Crippen molar-refractivity contribution in [1.29, 1.82) is 0 Å². The monoisotopic (exact) mass is 640 g/mol. The van der Waals surface area contributed by atoms with Gasteiger partial charge in [0, 0.05) is 36.0 Å². The van der Waals surface area contributed by atoms with Crippen LogP contribution in [-0.4, -0.2) is 47.6 Å². The molecular weight excluding hydrogens is 588 g/mol. The molecule has 0 spiro atoms. The Kier molecular flexibility index (Phi) is 10.5. The fourth-order valence-electron chi connectivity index (χ4n) is 7.16. The van der Waals surface area contributed by atoms with Crippen LogP contribution in [-0.2, 0) is 14.3 Å². The van der Waals surface area contributed by atoms with Crippen LogP contribution >= 0.6 is 0 Å². The summed E-state index contributed by atoms with van der Waals surface area (Å²) in [6.07, 6.45) is 19.4. The number of alkyl carbamates (subject to hydrolysis) is 1. The molecule has 1 aromatic carbocycles. The maximum absolute atomic E-state index is 14.4. The first-order chi connectivity index (χ1) is 22.8. The highest BCUT2D eigenvalue weighted by Gasteiger charge is 2.34. The molecule has 0 radical (unpaired) electrons. The van der Waals surface area contributed by atoms with Crippen molar-refractivity contribution >= 4 is 17.7 Å². The van der Waals surface area contributed by atoms with E-state index in [1.54, 1.807) is 7.11 Å². The molecule has 0 bridgehead atoms. The zero-order valence-corrected chi connectivity index (χ0v) is 28.5. The third-order valence-corrected chi connectivity index (χ3v) is 10.4. The SMILES string of the molecule is C=C(/C=C\C(OC)=C(C)C)C1CCC(CN(C(=O)C2CCC(OC(=O)NC3CC3)CC2)c2cccc(-c3cnn(C4CC4)c3)c2)CC1. The van der Waals surface area contributed by atoms with Crippen LogP contribution in [0, 0.1) is 17.8 Å². The lowest BCUT2D eigenvalue weighted by molar-refractivity contribution is -0.124. The van der Waals surface area contributed by atoms with Gasteiger partial charge in [0.05, 0.1) is 19.3 Å². The second-order valence-electron chi connectivity index (χ2n) is 14.4. The van der Waals surface area contributed by atoms with Gasteiger partial charge in [-0.1, -0.05) is 30.4 Å². The van der Waals surface area contributed by atoms with Crippen molar-refractivity contribution in [2.75, 3.05) is 18.6 Å². The molecule has 4 aliphatic carbocycles. The lowest BCUT2D eigenvalue weighted by Gasteiger charge is -2.36. The Balaban J connectivity index is 1.13. The molecular formula is C39H52N4O4. The minimum absolute atomic E-state index is 0.0751. The summed E-state index contributed by atoms with van der Waals surface area (Å²) in [4.78, 5) is 28.7. The summed E-state index contributed by atoms with van der Waals surface area (Å²) in [6.45, 7) is 9.21. The van der Waals surface area contributed by atoms with E-state index in [0.717, 1.165) is 97.9 Å². The molecule has 4 saturated carbocycles. The fraction of sp³-hybridized carbons (Fsp3) is 0.564. The molecule has 2 aromatic rings. The van der Waals surface area contributed by atoms with Crippen molar-refractivity contribution in [2.24, 2.45) is 17.8 Å². The molecule has 0 unspecified atom stereocenters. The van der Waals surface area contributed by atoms with Gasteiger partial charge < -0.3 is 19.7 Å². The van der Waals surface area contributed by atoms with Crippen LogP contribution in [0.25, 0.3) is 11.1 Å². The van der Waals surface area contributed by atoms with Gasteiger partial charge in [-0.05, 0) is 132 Å². The first-order valence-corrected chi connectivity index (χ1v) is 17.8. The second kappa shape index (κ2) is 15.0. The Bertz CT molecular complexity index is 1480. The number of carbonyl (C=O) groups is 2. The molecule has 4 fully saturated rings. The number of ether oxygens (including phenoxy) is 2. The maximum atomic E-state index is 14.4. The number of rotatable bonds is 12. The lowest BCUT2D eigenvalue weighted by atomic mass is 9.78. The lowest BCUT2D eigenvalue weighted by Crippen LogP contribution is -2.42. The molecule has 1 N–H and O–H groups in total. The highest BCUT2D eigenvalue weighted by molar-refractivity contribution is 5.95. The van der Waals surface area contributed by atoms with E-state index in [1.807, 2.05) is 12.3 Å². The van der Waals surface area contributed by atoms with Gasteiger partial charge in [-0.2, -0.15) is 5.10 Å². The van der Waals surface area contributed by atoms with E-state index in [9.17, 15) is 9.59 Å². The number of benzene rings is 1. The van der Waals surface area contributed by atoms with Crippen LogP contribution in [0.1, 0.15) is 96.9 Å². The van der Waals surface area contributed by atoms with E-state index in [-0.39, 0.29) is 30.1 Å². The topological polar surface area (TPSA) is 85.7 Å². The number of hydrogen-bond acceptors (Lipinski definition) is 5. The highest BCUT2D eigenvalue weighted by atomic mass is 16.6. The second-order valence-corrected chi connectivity index (χ2v) is 14.4. The van der Waals surface area contributed by atoms with E-state index in [2.05, 4.69) is 77.0 Å². The standard InChI is InChI=1S/C39H52N4O4/c1-26(2)37(46-4)21-8-27(3)29-11-9-28(10-12-29)24-42(35-7-5-6-31(22-35)32-23-40-43(25-32)34-17-18-34)38(44)30-13-19-36(20-14-30)47-39(45)41-33-15-16-33/h5-8,21-23,25,28-30,33-34,36H,3,9-20,24H2,1-2,4H3,(H,41,45)/b21-8-. The van der Waals surface area contributed by atoms with Crippen molar-refractivity contribution in [3.05, 3.63) is 72.3 Å². The Morgan fingerprint density at radius 3 is 2.34 bits per heavy atom. The number of amides is 2. The van der Waals surface area contributed by atoms with Crippen LogP contribution in [0.5, 0.6) is 0 Å². The molecule has 8 heteroatoms. The molecule has 252 valence electrons. The molecule has 1 aromatic heterocycles. The third-order valence-electron chi connectivity index (χ3n) is 10.4. The first kappa shape index (κ1) is 33.1. The summed E-state index contributed by atoms with van der Waals surface area (Å²) >= 11 is 0. The number of nitrogens with zero attached hydrogens (tertiary/aromatic N) is 3. The molecule has 47 heavy (non-hydrogen) atoms. The average Bonchev–Trinajstić information content (AvgIpc) is 4.03.